The summed E-state index contributed by atoms with van der Waals surface area (Å²) in [4.78, 5) is 21.0. The Kier molecular flexibility index (Phi) is 4.52. The van der Waals surface area contributed by atoms with Crippen LogP contribution in [0, 0.1) is 0 Å². The lowest BCUT2D eigenvalue weighted by Gasteiger charge is -2.04. The molecule has 0 saturated heterocycles. The summed E-state index contributed by atoms with van der Waals surface area (Å²) in [6.45, 7) is 0.299. The number of nitrogens with zero attached hydrogens (tertiary/aromatic N) is 4. The van der Waals surface area contributed by atoms with E-state index < -0.39 is 0 Å². The molecular weight excluding hydrogens is 348 g/mol. The van der Waals surface area contributed by atoms with E-state index in [9.17, 15) is 4.79 Å². The van der Waals surface area contributed by atoms with Crippen molar-refractivity contribution >= 4 is 10.9 Å². The predicted octanol–water partition coefficient (Wildman–Crippen LogP) is 2.42. The summed E-state index contributed by atoms with van der Waals surface area (Å²) in [6, 6.07) is 14.4. The Bertz CT molecular complexity index is 1120. The molecule has 2 heterocycles. The number of hydrogen-bond acceptors (Lipinski definition) is 7. The maximum absolute atomic E-state index is 12.5. The number of para-hydroxylation sites is 1. The maximum atomic E-state index is 12.5. The average molecular weight is 364 g/mol. The summed E-state index contributed by atoms with van der Waals surface area (Å²) in [7, 11) is 1.60. The van der Waals surface area contributed by atoms with Crippen molar-refractivity contribution in [1.82, 2.24) is 19.7 Å². The van der Waals surface area contributed by atoms with E-state index in [1.54, 1.807) is 49.6 Å². The number of methoxy groups -OCH3 is 1. The molecule has 0 saturated carbocycles. The molecular formula is C19H16N4O4. The number of aromatic nitrogens is 4. The van der Waals surface area contributed by atoms with Gasteiger partial charge in [-0.3, -0.25) is 9.36 Å². The van der Waals surface area contributed by atoms with Crippen molar-refractivity contribution in [2.24, 2.45) is 0 Å². The molecule has 0 aliphatic heterocycles. The van der Waals surface area contributed by atoms with Crippen LogP contribution in [0.2, 0.25) is 0 Å². The van der Waals surface area contributed by atoms with Crippen LogP contribution in [0.4, 0.5) is 0 Å². The number of rotatable bonds is 6. The van der Waals surface area contributed by atoms with Crippen LogP contribution in [-0.4, -0.2) is 26.8 Å². The molecule has 0 aliphatic carbocycles. The highest BCUT2D eigenvalue weighted by Crippen LogP contribution is 2.18. The molecule has 27 heavy (non-hydrogen) atoms. The van der Waals surface area contributed by atoms with Crippen molar-refractivity contribution in [2.75, 3.05) is 7.11 Å². The molecule has 0 radical (unpaired) electrons. The molecule has 2 aromatic heterocycles. The van der Waals surface area contributed by atoms with Gasteiger partial charge in [-0.25, -0.2) is 4.98 Å². The van der Waals surface area contributed by atoms with Crippen LogP contribution < -0.4 is 15.0 Å². The SMILES string of the molecule is COc1ccc(OCc2nc(Cn3cnc4ccccc4c3=O)no2)cc1. The van der Waals surface area contributed by atoms with Gasteiger partial charge in [0.1, 0.15) is 11.5 Å². The minimum absolute atomic E-state index is 0.129. The molecule has 0 atom stereocenters. The summed E-state index contributed by atoms with van der Waals surface area (Å²) in [5, 5.41) is 4.45. The Labute approximate surface area is 154 Å². The third-order valence-electron chi connectivity index (χ3n) is 3.98. The van der Waals surface area contributed by atoms with Gasteiger partial charge in [-0.1, -0.05) is 17.3 Å². The number of hydrogen-bond donors (Lipinski definition) is 0. The Morgan fingerprint density at radius 2 is 1.85 bits per heavy atom. The topological polar surface area (TPSA) is 92.3 Å². The van der Waals surface area contributed by atoms with Gasteiger partial charge >= 0.3 is 0 Å². The fraction of sp³-hybridized carbons (Fsp3) is 0.158. The van der Waals surface area contributed by atoms with Gasteiger partial charge in [0, 0.05) is 0 Å². The Hall–Kier alpha value is -3.68. The van der Waals surface area contributed by atoms with Crippen molar-refractivity contribution in [3.8, 4) is 11.5 Å². The zero-order valence-corrected chi connectivity index (χ0v) is 14.5. The smallest absolute Gasteiger partial charge is 0.264 e. The molecule has 8 heteroatoms. The second-order valence-electron chi connectivity index (χ2n) is 5.76. The van der Waals surface area contributed by atoms with Crippen molar-refractivity contribution in [3.63, 3.8) is 0 Å². The first-order chi connectivity index (χ1) is 13.2. The van der Waals surface area contributed by atoms with Crippen LogP contribution in [0.3, 0.4) is 0 Å². The maximum Gasteiger partial charge on any atom is 0.264 e. The second kappa shape index (κ2) is 7.28. The van der Waals surface area contributed by atoms with E-state index in [0.717, 1.165) is 5.75 Å². The monoisotopic (exact) mass is 364 g/mol. The van der Waals surface area contributed by atoms with Crippen LogP contribution in [0.1, 0.15) is 11.7 Å². The van der Waals surface area contributed by atoms with E-state index in [2.05, 4.69) is 15.1 Å². The minimum Gasteiger partial charge on any atom is -0.497 e. The minimum atomic E-state index is -0.151. The van der Waals surface area contributed by atoms with Gasteiger partial charge in [0.15, 0.2) is 12.4 Å². The number of fused-ring (bicyclic) bond motifs is 1. The summed E-state index contributed by atoms with van der Waals surface area (Å²) >= 11 is 0. The van der Waals surface area contributed by atoms with E-state index in [1.165, 1.54) is 10.9 Å². The average Bonchev–Trinajstić information content (AvgIpc) is 3.16. The van der Waals surface area contributed by atoms with Gasteiger partial charge in [-0.05, 0) is 36.4 Å². The third kappa shape index (κ3) is 3.64. The molecule has 0 fully saturated rings. The fourth-order valence-corrected chi connectivity index (χ4v) is 2.60. The second-order valence-corrected chi connectivity index (χ2v) is 5.76. The number of benzene rings is 2. The van der Waals surface area contributed by atoms with Crippen molar-refractivity contribution in [2.45, 2.75) is 13.2 Å². The zero-order valence-electron chi connectivity index (χ0n) is 14.5. The lowest BCUT2D eigenvalue weighted by molar-refractivity contribution is 0.242. The standard InChI is InChI=1S/C19H16N4O4/c1-25-13-6-8-14(9-7-13)26-11-18-21-17(22-27-18)10-23-12-20-16-5-3-2-4-15(16)19(23)24/h2-9,12H,10-11H2,1H3. The van der Waals surface area contributed by atoms with Gasteiger partial charge in [-0.15, -0.1) is 0 Å². The van der Waals surface area contributed by atoms with Gasteiger partial charge in [0.25, 0.3) is 11.4 Å². The molecule has 0 amide bonds. The lowest BCUT2D eigenvalue weighted by Crippen LogP contribution is -2.21. The molecule has 0 spiro atoms. The molecule has 2 aromatic carbocycles. The zero-order chi connectivity index (χ0) is 18.6. The van der Waals surface area contributed by atoms with Gasteiger partial charge < -0.3 is 14.0 Å². The largest absolute Gasteiger partial charge is 0.497 e. The lowest BCUT2D eigenvalue weighted by atomic mass is 10.2. The highest BCUT2D eigenvalue weighted by atomic mass is 16.5. The van der Waals surface area contributed by atoms with E-state index in [-0.39, 0.29) is 18.7 Å². The van der Waals surface area contributed by atoms with Gasteiger partial charge in [-0.2, -0.15) is 4.98 Å². The molecule has 8 nitrogen and oxygen atoms in total. The summed E-state index contributed by atoms with van der Waals surface area (Å²) < 4.78 is 17.3. The van der Waals surface area contributed by atoms with E-state index >= 15 is 0 Å². The molecule has 4 aromatic rings. The fourth-order valence-electron chi connectivity index (χ4n) is 2.60. The van der Waals surface area contributed by atoms with Crippen LogP contribution in [0.5, 0.6) is 11.5 Å². The Morgan fingerprint density at radius 3 is 2.67 bits per heavy atom. The highest BCUT2D eigenvalue weighted by molar-refractivity contribution is 5.76. The summed E-state index contributed by atoms with van der Waals surface area (Å²) in [5.74, 6) is 2.10. The predicted molar refractivity (Wildman–Crippen MR) is 96.7 cm³/mol. The highest BCUT2D eigenvalue weighted by Gasteiger charge is 2.10. The summed E-state index contributed by atoms with van der Waals surface area (Å²) in [5.41, 5.74) is 0.502. The molecule has 136 valence electrons. The molecule has 0 bridgehead atoms. The Morgan fingerprint density at radius 1 is 1.07 bits per heavy atom. The number of ether oxygens (including phenoxy) is 2. The normalized spacial score (nSPS) is 10.9. The van der Waals surface area contributed by atoms with Gasteiger partial charge in [0.05, 0.1) is 30.9 Å². The van der Waals surface area contributed by atoms with Crippen molar-refractivity contribution in [1.29, 1.82) is 0 Å². The van der Waals surface area contributed by atoms with Crippen molar-refractivity contribution < 1.29 is 14.0 Å². The molecule has 0 unspecified atom stereocenters. The van der Waals surface area contributed by atoms with Crippen molar-refractivity contribution in [3.05, 3.63) is 76.9 Å². The molecule has 4 rings (SSSR count). The van der Waals surface area contributed by atoms with E-state index in [1.807, 2.05) is 6.07 Å². The first-order valence-electron chi connectivity index (χ1n) is 8.25. The van der Waals surface area contributed by atoms with E-state index in [0.29, 0.717) is 28.4 Å². The first kappa shape index (κ1) is 16.8. The quantitative estimate of drug-likeness (QED) is 0.519. The third-order valence-corrected chi connectivity index (χ3v) is 3.98. The summed E-state index contributed by atoms with van der Waals surface area (Å²) in [6.07, 6.45) is 1.48. The van der Waals surface area contributed by atoms with Crippen LogP contribution in [0.25, 0.3) is 10.9 Å². The van der Waals surface area contributed by atoms with E-state index in [4.69, 9.17) is 14.0 Å². The first-order valence-corrected chi connectivity index (χ1v) is 8.25. The Balaban J connectivity index is 1.45. The molecule has 0 N–H and O–H groups in total. The van der Waals surface area contributed by atoms with Crippen LogP contribution >= 0.6 is 0 Å². The molecule has 0 aliphatic rings. The van der Waals surface area contributed by atoms with Gasteiger partial charge in [0.2, 0.25) is 0 Å². The van der Waals surface area contributed by atoms with Crippen LogP contribution in [0.15, 0.2) is 64.2 Å². The van der Waals surface area contributed by atoms with Crippen LogP contribution in [-0.2, 0) is 13.2 Å².